The lowest BCUT2D eigenvalue weighted by atomic mass is 10.2. The molecule has 0 aliphatic heterocycles. The summed E-state index contributed by atoms with van der Waals surface area (Å²) in [6, 6.07) is 10.9. The SMILES string of the molecule is CC(C)CNc1ccc(NC(=O)c2ccco2)cc1. The third-order valence-electron chi connectivity index (χ3n) is 2.60. The minimum Gasteiger partial charge on any atom is -0.459 e. The van der Waals surface area contributed by atoms with Crippen LogP contribution in [0.4, 0.5) is 11.4 Å². The number of carbonyl (C=O) groups excluding carboxylic acids is 1. The maximum Gasteiger partial charge on any atom is 0.291 e. The van der Waals surface area contributed by atoms with E-state index in [1.54, 1.807) is 12.1 Å². The Hall–Kier alpha value is -2.23. The second-order valence-corrected chi connectivity index (χ2v) is 4.78. The van der Waals surface area contributed by atoms with Crippen molar-refractivity contribution in [3.8, 4) is 0 Å². The molecule has 1 aromatic heterocycles. The van der Waals surface area contributed by atoms with Crippen LogP contribution in [-0.2, 0) is 0 Å². The van der Waals surface area contributed by atoms with E-state index >= 15 is 0 Å². The van der Waals surface area contributed by atoms with Gasteiger partial charge in [0.1, 0.15) is 0 Å². The molecular weight excluding hydrogens is 240 g/mol. The van der Waals surface area contributed by atoms with Gasteiger partial charge in [-0.1, -0.05) is 13.8 Å². The maximum atomic E-state index is 11.8. The molecule has 0 aliphatic carbocycles. The highest BCUT2D eigenvalue weighted by Crippen LogP contribution is 2.15. The lowest BCUT2D eigenvalue weighted by Crippen LogP contribution is -2.11. The fourth-order valence-electron chi connectivity index (χ4n) is 1.59. The summed E-state index contributed by atoms with van der Waals surface area (Å²) in [5.74, 6) is 0.660. The Morgan fingerprint density at radius 3 is 2.42 bits per heavy atom. The molecule has 0 spiro atoms. The van der Waals surface area contributed by atoms with Crippen molar-refractivity contribution in [3.63, 3.8) is 0 Å². The van der Waals surface area contributed by atoms with Crippen LogP contribution < -0.4 is 10.6 Å². The summed E-state index contributed by atoms with van der Waals surface area (Å²) in [7, 11) is 0. The van der Waals surface area contributed by atoms with E-state index in [2.05, 4.69) is 24.5 Å². The van der Waals surface area contributed by atoms with E-state index in [4.69, 9.17) is 4.42 Å². The van der Waals surface area contributed by atoms with E-state index in [1.165, 1.54) is 6.26 Å². The second kappa shape index (κ2) is 6.09. The van der Waals surface area contributed by atoms with Crippen LogP contribution >= 0.6 is 0 Å². The Bertz CT molecular complexity index is 516. The third kappa shape index (κ3) is 3.88. The number of rotatable bonds is 5. The van der Waals surface area contributed by atoms with Gasteiger partial charge in [-0.05, 0) is 42.3 Å². The van der Waals surface area contributed by atoms with Crippen LogP contribution in [0.1, 0.15) is 24.4 Å². The van der Waals surface area contributed by atoms with Crippen LogP contribution in [0.15, 0.2) is 47.1 Å². The fourth-order valence-corrected chi connectivity index (χ4v) is 1.59. The van der Waals surface area contributed by atoms with Crippen molar-refractivity contribution in [1.29, 1.82) is 0 Å². The van der Waals surface area contributed by atoms with Gasteiger partial charge in [0.25, 0.3) is 5.91 Å². The molecular formula is C15H18N2O2. The molecule has 100 valence electrons. The van der Waals surface area contributed by atoms with Gasteiger partial charge in [-0.2, -0.15) is 0 Å². The highest BCUT2D eigenvalue weighted by Gasteiger charge is 2.08. The van der Waals surface area contributed by atoms with Crippen molar-refractivity contribution in [3.05, 3.63) is 48.4 Å². The highest BCUT2D eigenvalue weighted by molar-refractivity contribution is 6.02. The van der Waals surface area contributed by atoms with E-state index in [1.807, 2.05) is 24.3 Å². The summed E-state index contributed by atoms with van der Waals surface area (Å²) in [6.45, 7) is 5.24. The quantitative estimate of drug-likeness (QED) is 0.861. The molecule has 0 saturated carbocycles. The average molecular weight is 258 g/mol. The maximum absolute atomic E-state index is 11.8. The zero-order valence-corrected chi connectivity index (χ0v) is 11.1. The number of amides is 1. The van der Waals surface area contributed by atoms with Crippen molar-refractivity contribution >= 4 is 17.3 Å². The number of carbonyl (C=O) groups is 1. The Morgan fingerprint density at radius 2 is 1.84 bits per heavy atom. The van der Waals surface area contributed by atoms with Gasteiger partial charge in [0.05, 0.1) is 6.26 Å². The molecule has 0 atom stereocenters. The fraction of sp³-hybridized carbons (Fsp3) is 0.267. The number of hydrogen-bond donors (Lipinski definition) is 2. The molecule has 4 heteroatoms. The molecule has 0 fully saturated rings. The van der Waals surface area contributed by atoms with Gasteiger partial charge in [0.2, 0.25) is 0 Å². The van der Waals surface area contributed by atoms with Gasteiger partial charge < -0.3 is 15.1 Å². The predicted octanol–water partition coefficient (Wildman–Crippen LogP) is 3.60. The summed E-state index contributed by atoms with van der Waals surface area (Å²) in [6.07, 6.45) is 1.48. The van der Waals surface area contributed by atoms with Crippen molar-refractivity contribution in [1.82, 2.24) is 0 Å². The van der Waals surface area contributed by atoms with E-state index in [0.29, 0.717) is 11.7 Å². The standard InChI is InChI=1S/C15H18N2O2/c1-11(2)10-16-12-5-7-13(8-6-12)17-15(18)14-4-3-9-19-14/h3-9,11,16H,10H2,1-2H3,(H,17,18). The van der Waals surface area contributed by atoms with Gasteiger partial charge >= 0.3 is 0 Å². The molecule has 4 nitrogen and oxygen atoms in total. The first-order valence-corrected chi connectivity index (χ1v) is 6.34. The van der Waals surface area contributed by atoms with Crippen molar-refractivity contribution in [2.45, 2.75) is 13.8 Å². The summed E-state index contributed by atoms with van der Waals surface area (Å²) < 4.78 is 5.03. The summed E-state index contributed by atoms with van der Waals surface area (Å²) >= 11 is 0. The van der Waals surface area contributed by atoms with Gasteiger partial charge in [0, 0.05) is 17.9 Å². The Morgan fingerprint density at radius 1 is 1.16 bits per heavy atom. The minimum absolute atomic E-state index is 0.243. The Balaban J connectivity index is 1.93. The van der Waals surface area contributed by atoms with Crippen LogP contribution in [0.3, 0.4) is 0 Å². The number of hydrogen-bond acceptors (Lipinski definition) is 3. The molecule has 2 aromatic rings. The zero-order valence-electron chi connectivity index (χ0n) is 11.1. The van der Waals surface area contributed by atoms with Gasteiger partial charge in [-0.25, -0.2) is 0 Å². The van der Waals surface area contributed by atoms with E-state index in [-0.39, 0.29) is 5.91 Å². The zero-order chi connectivity index (χ0) is 13.7. The lowest BCUT2D eigenvalue weighted by Gasteiger charge is -2.09. The summed E-state index contributed by atoms with van der Waals surface area (Å²) in [5, 5.41) is 6.10. The van der Waals surface area contributed by atoms with Gasteiger partial charge in [-0.15, -0.1) is 0 Å². The average Bonchev–Trinajstić information content (AvgIpc) is 2.92. The molecule has 0 aliphatic rings. The van der Waals surface area contributed by atoms with Crippen molar-refractivity contribution in [2.75, 3.05) is 17.2 Å². The number of furan rings is 1. The molecule has 19 heavy (non-hydrogen) atoms. The van der Waals surface area contributed by atoms with E-state index < -0.39 is 0 Å². The Labute approximate surface area is 112 Å². The molecule has 1 heterocycles. The van der Waals surface area contributed by atoms with Crippen LogP contribution in [0.25, 0.3) is 0 Å². The molecule has 2 N–H and O–H groups in total. The molecule has 1 amide bonds. The number of anilines is 2. The van der Waals surface area contributed by atoms with Gasteiger partial charge in [-0.3, -0.25) is 4.79 Å². The van der Waals surface area contributed by atoms with E-state index in [0.717, 1.165) is 17.9 Å². The predicted molar refractivity (Wildman–Crippen MR) is 76.4 cm³/mol. The topological polar surface area (TPSA) is 54.3 Å². The largest absolute Gasteiger partial charge is 0.459 e. The molecule has 0 saturated heterocycles. The normalized spacial score (nSPS) is 10.5. The monoisotopic (exact) mass is 258 g/mol. The summed E-state index contributed by atoms with van der Waals surface area (Å²) in [5.41, 5.74) is 1.79. The van der Waals surface area contributed by atoms with Crippen LogP contribution in [-0.4, -0.2) is 12.5 Å². The minimum atomic E-state index is -0.243. The first kappa shape index (κ1) is 13.2. The first-order valence-electron chi connectivity index (χ1n) is 6.34. The summed E-state index contributed by atoms with van der Waals surface area (Å²) in [4.78, 5) is 11.8. The van der Waals surface area contributed by atoms with Crippen LogP contribution in [0, 0.1) is 5.92 Å². The molecule has 1 aromatic carbocycles. The third-order valence-corrected chi connectivity index (χ3v) is 2.60. The second-order valence-electron chi connectivity index (χ2n) is 4.78. The Kier molecular flexibility index (Phi) is 4.23. The van der Waals surface area contributed by atoms with Crippen LogP contribution in [0.2, 0.25) is 0 Å². The molecule has 0 bridgehead atoms. The molecule has 0 radical (unpaired) electrons. The smallest absolute Gasteiger partial charge is 0.291 e. The lowest BCUT2D eigenvalue weighted by molar-refractivity contribution is 0.0996. The molecule has 0 unspecified atom stereocenters. The number of nitrogens with one attached hydrogen (secondary N) is 2. The first-order chi connectivity index (χ1) is 9.15. The van der Waals surface area contributed by atoms with Crippen molar-refractivity contribution < 1.29 is 9.21 Å². The molecule has 2 rings (SSSR count). The van der Waals surface area contributed by atoms with Gasteiger partial charge in [0.15, 0.2) is 5.76 Å². The van der Waals surface area contributed by atoms with Crippen LogP contribution in [0.5, 0.6) is 0 Å². The van der Waals surface area contributed by atoms with E-state index in [9.17, 15) is 4.79 Å². The highest BCUT2D eigenvalue weighted by atomic mass is 16.3. The van der Waals surface area contributed by atoms with Crippen molar-refractivity contribution in [2.24, 2.45) is 5.92 Å². The number of benzene rings is 1.